The molecule has 0 bridgehead atoms. The van der Waals surface area contributed by atoms with Crippen LogP contribution in [0.3, 0.4) is 0 Å². The highest BCUT2D eigenvalue weighted by molar-refractivity contribution is 4.80. The zero-order chi connectivity index (χ0) is 10.7. The van der Waals surface area contributed by atoms with Crippen LogP contribution in [-0.2, 0) is 9.47 Å². The van der Waals surface area contributed by atoms with Crippen LogP contribution in [0.25, 0.3) is 0 Å². The first-order valence-corrected chi connectivity index (χ1v) is 5.93. The fourth-order valence-electron chi connectivity index (χ4n) is 2.39. The molecule has 0 amide bonds. The van der Waals surface area contributed by atoms with Gasteiger partial charge in [-0.1, -0.05) is 0 Å². The average molecular weight is 214 g/mol. The van der Waals surface area contributed by atoms with E-state index in [9.17, 15) is 0 Å². The lowest BCUT2D eigenvalue weighted by Gasteiger charge is -2.37. The predicted molar refractivity (Wildman–Crippen MR) is 58.8 cm³/mol. The van der Waals surface area contributed by atoms with Gasteiger partial charge in [-0.25, -0.2) is 0 Å². The smallest absolute Gasteiger partial charge is 0.0674 e. The molecule has 4 nitrogen and oxygen atoms in total. The summed E-state index contributed by atoms with van der Waals surface area (Å²) >= 11 is 0. The molecule has 3 atom stereocenters. The van der Waals surface area contributed by atoms with Crippen molar-refractivity contribution in [1.82, 2.24) is 4.90 Å². The van der Waals surface area contributed by atoms with Gasteiger partial charge in [0, 0.05) is 38.2 Å². The van der Waals surface area contributed by atoms with Gasteiger partial charge in [0.05, 0.1) is 19.3 Å². The van der Waals surface area contributed by atoms with Crippen LogP contribution in [0, 0.1) is 5.92 Å². The highest BCUT2D eigenvalue weighted by Gasteiger charge is 2.26. The minimum Gasteiger partial charge on any atom is -0.381 e. The molecule has 88 valence electrons. The summed E-state index contributed by atoms with van der Waals surface area (Å²) in [6.45, 7) is 7.77. The Balaban J connectivity index is 1.79. The Labute approximate surface area is 91.7 Å². The van der Waals surface area contributed by atoms with E-state index >= 15 is 0 Å². The SMILES string of the molecule is CC1CN(CC2COCCC2N)CCO1. The third-order valence-corrected chi connectivity index (χ3v) is 3.35. The Morgan fingerprint density at radius 2 is 2.27 bits per heavy atom. The molecule has 0 aromatic rings. The Bertz CT molecular complexity index is 201. The number of hydrogen-bond donors (Lipinski definition) is 1. The Morgan fingerprint density at radius 3 is 3.00 bits per heavy atom. The lowest BCUT2D eigenvalue weighted by molar-refractivity contribution is -0.0380. The van der Waals surface area contributed by atoms with Crippen LogP contribution in [0.1, 0.15) is 13.3 Å². The first kappa shape index (κ1) is 11.3. The van der Waals surface area contributed by atoms with E-state index in [1.54, 1.807) is 0 Å². The third-order valence-electron chi connectivity index (χ3n) is 3.35. The number of morpholine rings is 1. The van der Waals surface area contributed by atoms with E-state index in [1.807, 2.05) is 0 Å². The van der Waals surface area contributed by atoms with Gasteiger partial charge in [0.1, 0.15) is 0 Å². The topological polar surface area (TPSA) is 47.7 Å². The first-order chi connectivity index (χ1) is 7.25. The fourth-order valence-corrected chi connectivity index (χ4v) is 2.39. The molecule has 15 heavy (non-hydrogen) atoms. The molecule has 2 heterocycles. The predicted octanol–water partition coefficient (Wildman–Crippen LogP) is 0.0709. The lowest BCUT2D eigenvalue weighted by Crippen LogP contribution is -2.49. The lowest BCUT2D eigenvalue weighted by atomic mass is 9.96. The van der Waals surface area contributed by atoms with Gasteiger partial charge in [-0.05, 0) is 13.3 Å². The summed E-state index contributed by atoms with van der Waals surface area (Å²) in [7, 11) is 0. The molecule has 2 aliphatic heterocycles. The number of ether oxygens (including phenoxy) is 2. The zero-order valence-electron chi connectivity index (χ0n) is 9.52. The summed E-state index contributed by atoms with van der Waals surface area (Å²) in [4.78, 5) is 2.45. The van der Waals surface area contributed by atoms with Crippen molar-refractivity contribution in [2.75, 3.05) is 39.5 Å². The van der Waals surface area contributed by atoms with Crippen molar-refractivity contribution >= 4 is 0 Å². The summed E-state index contributed by atoms with van der Waals surface area (Å²) in [5, 5.41) is 0. The first-order valence-electron chi connectivity index (χ1n) is 5.93. The molecule has 0 aromatic heterocycles. The van der Waals surface area contributed by atoms with Gasteiger partial charge in [-0.15, -0.1) is 0 Å². The molecule has 0 spiro atoms. The summed E-state index contributed by atoms with van der Waals surface area (Å²) in [6, 6.07) is 0.317. The molecule has 2 fully saturated rings. The maximum Gasteiger partial charge on any atom is 0.0674 e. The molecule has 0 aliphatic carbocycles. The monoisotopic (exact) mass is 214 g/mol. The van der Waals surface area contributed by atoms with Crippen molar-refractivity contribution in [3.63, 3.8) is 0 Å². The van der Waals surface area contributed by atoms with Gasteiger partial charge in [0.25, 0.3) is 0 Å². The second-order valence-corrected chi connectivity index (χ2v) is 4.73. The standard InChI is InChI=1S/C11H22N2O2/c1-9-6-13(3-5-15-9)7-10-8-14-4-2-11(10)12/h9-11H,2-8,12H2,1H3. The number of nitrogens with zero attached hydrogens (tertiary/aromatic N) is 1. The zero-order valence-corrected chi connectivity index (χ0v) is 9.52. The van der Waals surface area contributed by atoms with Crippen molar-refractivity contribution in [3.8, 4) is 0 Å². The Hall–Kier alpha value is -0.160. The highest BCUT2D eigenvalue weighted by atomic mass is 16.5. The van der Waals surface area contributed by atoms with Crippen molar-refractivity contribution in [2.24, 2.45) is 11.7 Å². The van der Waals surface area contributed by atoms with Crippen molar-refractivity contribution < 1.29 is 9.47 Å². The van der Waals surface area contributed by atoms with E-state index in [2.05, 4.69) is 11.8 Å². The van der Waals surface area contributed by atoms with Gasteiger partial charge < -0.3 is 15.2 Å². The maximum atomic E-state index is 6.09. The minimum atomic E-state index is 0.317. The van der Waals surface area contributed by atoms with Crippen LogP contribution in [0.4, 0.5) is 0 Å². The molecule has 2 N–H and O–H groups in total. The van der Waals surface area contributed by atoms with E-state index in [1.165, 1.54) is 0 Å². The maximum absolute atomic E-state index is 6.09. The molecule has 3 unspecified atom stereocenters. The minimum absolute atomic E-state index is 0.317. The van der Waals surface area contributed by atoms with Crippen LogP contribution in [0.2, 0.25) is 0 Å². The van der Waals surface area contributed by atoms with Gasteiger partial charge in [-0.2, -0.15) is 0 Å². The summed E-state index contributed by atoms with van der Waals surface area (Å²) in [5.41, 5.74) is 6.09. The normalized spacial score (nSPS) is 39.2. The average Bonchev–Trinajstić information content (AvgIpc) is 2.22. The van der Waals surface area contributed by atoms with Crippen LogP contribution < -0.4 is 5.73 Å². The van der Waals surface area contributed by atoms with E-state index < -0.39 is 0 Å². The number of nitrogens with two attached hydrogens (primary N) is 1. The molecular weight excluding hydrogens is 192 g/mol. The fraction of sp³-hybridized carbons (Fsp3) is 1.00. The molecule has 4 heteroatoms. The van der Waals surface area contributed by atoms with E-state index in [-0.39, 0.29) is 0 Å². The van der Waals surface area contributed by atoms with Crippen LogP contribution in [-0.4, -0.2) is 56.5 Å². The Morgan fingerprint density at radius 1 is 1.40 bits per heavy atom. The number of rotatable bonds is 2. The molecule has 0 saturated carbocycles. The van der Waals surface area contributed by atoms with Crippen LogP contribution in [0.5, 0.6) is 0 Å². The molecule has 0 radical (unpaired) electrons. The molecule has 2 rings (SSSR count). The Kier molecular flexibility index (Phi) is 3.97. The summed E-state index contributed by atoms with van der Waals surface area (Å²) in [6.07, 6.45) is 1.37. The van der Waals surface area contributed by atoms with Crippen LogP contribution >= 0.6 is 0 Å². The molecular formula is C11H22N2O2. The molecule has 2 aliphatic rings. The van der Waals surface area contributed by atoms with E-state index in [4.69, 9.17) is 15.2 Å². The third kappa shape index (κ3) is 3.14. The van der Waals surface area contributed by atoms with Gasteiger partial charge in [-0.3, -0.25) is 4.90 Å². The van der Waals surface area contributed by atoms with Crippen LogP contribution in [0.15, 0.2) is 0 Å². The molecule has 2 saturated heterocycles. The van der Waals surface area contributed by atoms with Crippen molar-refractivity contribution in [3.05, 3.63) is 0 Å². The van der Waals surface area contributed by atoms with Gasteiger partial charge >= 0.3 is 0 Å². The van der Waals surface area contributed by atoms with Crippen molar-refractivity contribution in [2.45, 2.75) is 25.5 Å². The van der Waals surface area contributed by atoms with Crippen molar-refractivity contribution in [1.29, 1.82) is 0 Å². The second kappa shape index (κ2) is 5.25. The van der Waals surface area contributed by atoms with E-state index in [0.29, 0.717) is 18.1 Å². The second-order valence-electron chi connectivity index (χ2n) is 4.73. The highest BCUT2D eigenvalue weighted by Crippen LogP contribution is 2.16. The van der Waals surface area contributed by atoms with Gasteiger partial charge in [0.2, 0.25) is 0 Å². The quantitative estimate of drug-likeness (QED) is 0.707. The van der Waals surface area contributed by atoms with E-state index in [0.717, 1.165) is 45.9 Å². The molecule has 0 aromatic carbocycles. The van der Waals surface area contributed by atoms with Gasteiger partial charge in [0.15, 0.2) is 0 Å². The number of hydrogen-bond acceptors (Lipinski definition) is 4. The largest absolute Gasteiger partial charge is 0.381 e. The summed E-state index contributed by atoms with van der Waals surface area (Å²) < 4.78 is 11.0. The summed E-state index contributed by atoms with van der Waals surface area (Å²) in [5.74, 6) is 0.504.